The van der Waals surface area contributed by atoms with Crippen molar-refractivity contribution in [3.05, 3.63) is 29.3 Å². The molecule has 0 aromatic heterocycles. The smallest absolute Gasteiger partial charge is 0.119 e. The van der Waals surface area contributed by atoms with Gasteiger partial charge < -0.3 is 4.74 Å². The Hall–Kier alpha value is -0.980. The van der Waals surface area contributed by atoms with Gasteiger partial charge in [0.2, 0.25) is 0 Å². The van der Waals surface area contributed by atoms with Gasteiger partial charge in [-0.15, -0.1) is 0 Å². The third-order valence-corrected chi connectivity index (χ3v) is 2.42. The van der Waals surface area contributed by atoms with E-state index >= 15 is 0 Å². The largest absolute Gasteiger partial charge is 0.494 e. The third kappa shape index (κ3) is 4.37. The van der Waals surface area contributed by atoms with Crippen LogP contribution in [0.2, 0.25) is 0 Å². The lowest BCUT2D eigenvalue weighted by Crippen LogP contribution is -1.97. The van der Waals surface area contributed by atoms with Crippen molar-refractivity contribution in [2.75, 3.05) is 6.61 Å². The lowest BCUT2D eigenvalue weighted by Gasteiger charge is -2.08. The fraction of sp³-hybridized carbons (Fsp3) is 0.571. The summed E-state index contributed by atoms with van der Waals surface area (Å²) >= 11 is 0. The van der Waals surface area contributed by atoms with Crippen LogP contribution in [0.5, 0.6) is 5.75 Å². The first-order chi connectivity index (χ1) is 7.26. The standard InChI is InChI=1S/C14H22O/c1-4-6-8-15-14-10-12(3)9-13(11-14)7-5-2/h9-11H,4-8H2,1-3H3. The molecule has 1 heteroatoms. The average Bonchev–Trinajstić information content (AvgIpc) is 2.18. The van der Waals surface area contributed by atoms with Gasteiger partial charge in [-0.1, -0.05) is 32.8 Å². The minimum absolute atomic E-state index is 0.839. The number of hydrogen-bond donors (Lipinski definition) is 0. The second-order valence-electron chi connectivity index (χ2n) is 4.11. The van der Waals surface area contributed by atoms with Gasteiger partial charge in [-0.2, -0.15) is 0 Å². The zero-order valence-electron chi connectivity index (χ0n) is 10.2. The van der Waals surface area contributed by atoms with Crippen LogP contribution in [-0.4, -0.2) is 6.61 Å². The summed E-state index contributed by atoms with van der Waals surface area (Å²) in [5.74, 6) is 1.03. The summed E-state index contributed by atoms with van der Waals surface area (Å²) in [7, 11) is 0. The fourth-order valence-corrected chi connectivity index (χ4v) is 1.68. The molecule has 0 unspecified atom stereocenters. The number of rotatable bonds is 6. The Morgan fingerprint density at radius 1 is 1.07 bits per heavy atom. The molecule has 0 fully saturated rings. The summed E-state index contributed by atoms with van der Waals surface area (Å²) in [6.45, 7) is 7.36. The zero-order valence-corrected chi connectivity index (χ0v) is 10.2. The summed E-state index contributed by atoms with van der Waals surface area (Å²) in [5.41, 5.74) is 2.69. The van der Waals surface area contributed by atoms with Gasteiger partial charge in [-0.25, -0.2) is 0 Å². The highest BCUT2D eigenvalue weighted by Crippen LogP contribution is 2.18. The molecular formula is C14H22O. The van der Waals surface area contributed by atoms with Crippen molar-refractivity contribution >= 4 is 0 Å². The molecule has 0 N–H and O–H groups in total. The number of ether oxygens (including phenoxy) is 1. The molecule has 0 saturated carbocycles. The molecule has 84 valence electrons. The minimum atomic E-state index is 0.839. The summed E-state index contributed by atoms with van der Waals surface area (Å²) in [4.78, 5) is 0. The Kier molecular flexibility index (Phi) is 5.23. The monoisotopic (exact) mass is 206 g/mol. The molecule has 15 heavy (non-hydrogen) atoms. The lowest BCUT2D eigenvalue weighted by atomic mass is 10.1. The van der Waals surface area contributed by atoms with Crippen LogP contribution < -0.4 is 4.74 Å². The second-order valence-corrected chi connectivity index (χ2v) is 4.11. The van der Waals surface area contributed by atoms with E-state index in [0.717, 1.165) is 25.2 Å². The van der Waals surface area contributed by atoms with E-state index in [4.69, 9.17) is 4.74 Å². The van der Waals surface area contributed by atoms with Crippen LogP contribution in [0.1, 0.15) is 44.2 Å². The van der Waals surface area contributed by atoms with Crippen LogP contribution >= 0.6 is 0 Å². The quantitative estimate of drug-likeness (QED) is 0.636. The van der Waals surface area contributed by atoms with Gasteiger partial charge in [0.1, 0.15) is 5.75 Å². The van der Waals surface area contributed by atoms with Crippen molar-refractivity contribution < 1.29 is 4.74 Å². The van der Waals surface area contributed by atoms with Crippen LogP contribution in [0.4, 0.5) is 0 Å². The maximum absolute atomic E-state index is 5.71. The van der Waals surface area contributed by atoms with Gasteiger partial charge in [0.05, 0.1) is 6.61 Å². The normalized spacial score (nSPS) is 10.3. The minimum Gasteiger partial charge on any atom is -0.494 e. The Labute approximate surface area is 93.5 Å². The van der Waals surface area contributed by atoms with Crippen LogP contribution in [0.25, 0.3) is 0 Å². The molecule has 1 aromatic carbocycles. The summed E-state index contributed by atoms with van der Waals surface area (Å²) in [5, 5.41) is 0. The Morgan fingerprint density at radius 2 is 1.87 bits per heavy atom. The zero-order chi connectivity index (χ0) is 11.1. The molecule has 1 rings (SSSR count). The van der Waals surface area contributed by atoms with Crippen LogP contribution in [-0.2, 0) is 6.42 Å². The van der Waals surface area contributed by atoms with Crippen molar-refractivity contribution in [2.45, 2.75) is 46.5 Å². The van der Waals surface area contributed by atoms with E-state index < -0.39 is 0 Å². The van der Waals surface area contributed by atoms with Crippen LogP contribution in [0.3, 0.4) is 0 Å². The van der Waals surface area contributed by atoms with Gasteiger partial charge in [0, 0.05) is 0 Å². The highest BCUT2D eigenvalue weighted by Gasteiger charge is 1.99. The van der Waals surface area contributed by atoms with E-state index in [1.54, 1.807) is 0 Å². The Bertz CT molecular complexity index is 291. The highest BCUT2D eigenvalue weighted by atomic mass is 16.5. The van der Waals surface area contributed by atoms with Crippen molar-refractivity contribution in [3.63, 3.8) is 0 Å². The molecule has 0 heterocycles. The van der Waals surface area contributed by atoms with E-state index in [0.29, 0.717) is 0 Å². The number of aryl methyl sites for hydroxylation is 2. The maximum atomic E-state index is 5.71. The summed E-state index contributed by atoms with van der Waals surface area (Å²) in [6.07, 6.45) is 4.66. The van der Waals surface area contributed by atoms with Crippen molar-refractivity contribution in [3.8, 4) is 5.75 Å². The van der Waals surface area contributed by atoms with E-state index in [1.165, 1.54) is 24.0 Å². The first-order valence-corrected chi connectivity index (χ1v) is 5.99. The van der Waals surface area contributed by atoms with Crippen LogP contribution in [0, 0.1) is 6.92 Å². The van der Waals surface area contributed by atoms with E-state index in [1.807, 2.05) is 0 Å². The predicted octanol–water partition coefficient (Wildman–Crippen LogP) is 4.13. The molecule has 0 atom stereocenters. The number of benzene rings is 1. The van der Waals surface area contributed by atoms with Crippen molar-refractivity contribution in [1.29, 1.82) is 0 Å². The number of hydrogen-bond acceptors (Lipinski definition) is 1. The SMILES string of the molecule is CCCCOc1cc(C)cc(CCC)c1. The molecule has 0 aliphatic carbocycles. The molecule has 1 nitrogen and oxygen atoms in total. The number of unbranched alkanes of at least 4 members (excludes halogenated alkanes) is 1. The molecule has 0 bridgehead atoms. The fourth-order valence-electron chi connectivity index (χ4n) is 1.68. The second kappa shape index (κ2) is 6.49. The van der Waals surface area contributed by atoms with Crippen molar-refractivity contribution in [1.82, 2.24) is 0 Å². The van der Waals surface area contributed by atoms with Gasteiger partial charge >= 0.3 is 0 Å². The molecule has 0 spiro atoms. The Balaban J connectivity index is 2.62. The van der Waals surface area contributed by atoms with Gasteiger partial charge in [-0.3, -0.25) is 0 Å². The molecule has 0 saturated heterocycles. The van der Waals surface area contributed by atoms with E-state index in [-0.39, 0.29) is 0 Å². The summed E-state index contributed by atoms with van der Waals surface area (Å²) in [6, 6.07) is 6.54. The average molecular weight is 206 g/mol. The van der Waals surface area contributed by atoms with Gasteiger partial charge in [0.15, 0.2) is 0 Å². The lowest BCUT2D eigenvalue weighted by molar-refractivity contribution is 0.309. The first kappa shape index (κ1) is 12.1. The topological polar surface area (TPSA) is 9.23 Å². The molecule has 1 aromatic rings. The predicted molar refractivity (Wildman–Crippen MR) is 65.6 cm³/mol. The third-order valence-electron chi connectivity index (χ3n) is 2.42. The van der Waals surface area contributed by atoms with E-state index in [9.17, 15) is 0 Å². The molecule has 0 aliphatic rings. The highest BCUT2D eigenvalue weighted by molar-refractivity contribution is 5.33. The van der Waals surface area contributed by atoms with E-state index in [2.05, 4.69) is 39.0 Å². The van der Waals surface area contributed by atoms with Crippen LogP contribution in [0.15, 0.2) is 18.2 Å². The summed E-state index contributed by atoms with van der Waals surface area (Å²) < 4.78 is 5.71. The Morgan fingerprint density at radius 3 is 2.53 bits per heavy atom. The maximum Gasteiger partial charge on any atom is 0.119 e. The first-order valence-electron chi connectivity index (χ1n) is 5.99. The molecule has 0 aliphatic heterocycles. The molecular weight excluding hydrogens is 184 g/mol. The van der Waals surface area contributed by atoms with Gasteiger partial charge in [-0.05, 0) is 43.0 Å². The van der Waals surface area contributed by atoms with Gasteiger partial charge in [0.25, 0.3) is 0 Å². The van der Waals surface area contributed by atoms with Crippen molar-refractivity contribution in [2.24, 2.45) is 0 Å². The molecule has 0 radical (unpaired) electrons. The molecule has 0 amide bonds.